The summed E-state index contributed by atoms with van der Waals surface area (Å²) >= 11 is 0. The highest BCUT2D eigenvalue weighted by Gasteiger charge is 2.19. The van der Waals surface area contributed by atoms with Gasteiger partial charge in [0, 0.05) is 30.2 Å². The summed E-state index contributed by atoms with van der Waals surface area (Å²) in [5.41, 5.74) is 8.53. The highest BCUT2D eigenvalue weighted by Crippen LogP contribution is 2.23. The van der Waals surface area contributed by atoms with E-state index in [0.29, 0.717) is 0 Å². The normalized spacial score (nSPS) is 12.5. The Morgan fingerprint density at radius 3 is 2.74 bits per heavy atom. The highest BCUT2D eigenvalue weighted by molar-refractivity contribution is 5.82. The average Bonchev–Trinajstić information content (AvgIpc) is 2.72. The maximum atomic E-state index is 5.68. The molecule has 2 rings (SSSR count). The minimum absolute atomic E-state index is 0.273. The lowest BCUT2D eigenvalue weighted by Gasteiger charge is -2.29. The fourth-order valence-corrected chi connectivity index (χ4v) is 2.81. The molecule has 0 fully saturated rings. The van der Waals surface area contributed by atoms with Crippen molar-refractivity contribution in [3.63, 3.8) is 0 Å². The van der Waals surface area contributed by atoms with Crippen molar-refractivity contribution in [1.82, 2.24) is 9.88 Å². The lowest BCUT2D eigenvalue weighted by molar-refractivity contribution is 0.195. The first-order valence-corrected chi connectivity index (χ1v) is 6.95. The second kappa shape index (κ2) is 5.76. The molecule has 0 radical (unpaired) electrons. The molecule has 0 saturated carbocycles. The third-order valence-corrected chi connectivity index (χ3v) is 3.63. The lowest BCUT2D eigenvalue weighted by Crippen LogP contribution is -2.32. The molecule has 19 heavy (non-hydrogen) atoms. The summed E-state index contributed by atoms with van der Waals surface area (Å²) in [5, 5.41) is 1.32. The summed E-state index contributed by atoms with van der Waals surface area (Å²) in [6.07, 6.45) is 3.18. The summed E-state index contributed by atoms with van der Waals surface area (Å²) in [4.78, 5) is 5.72. The Hall–Kier alpha value is -1.32. The van der Waals surface area contributed by atoms with Gasteiger partial charge in [0.15, 0.2) is 0 Å². The molecule has 3 nitrogen and oxygen atoms in total. The van der Waals surface area contributed by atoms with E-state index in [2.05, 4.69) is 61.2 Å². The molecule has 0 bridgehead atoms. The van der Waals surface area contributed by atoms with Crippen molar-refractivity contribution >= 4 is 10.9 Å². The zero-order chi connectivity index (χ0) is 13.9. The number of benzene rings is 1. The summed E-state index contributed by atoms with van der Waals surface area (Å²) in [5.74, 6) is 0. The van der Waals surface area contributed by atoms with Crippen LogP contribution in [-0.2, 0) is 6.54 Å². The number of aromatic amines is 1. The molecule has 3 N–H and O–H groups in total. The van der Waals surface area contributed by atoms with E-state index in [-0.39, 0.29) is 5.41 Å². The Labute approximate surface area is 115 Å². The van der Waals surface area contributed by atoms with Crippen LogP contribution in [-0.4, -0.2) is 30.0 Å². The molecule has 1 heterocycles. The summed E-state index contributed by atoms with van der Waals surface area (Å²) in [6, 6.07) is 8.46. The third kappa shape index (κ3) is 3.58. The maximum absolute atomic E-state index is 5.68. The predicted octanol–water partition coefficient (Wildman–Crippen LogP) is 2.97. The predicted molar refractivity (Wildman–Crippen MR) is 82.1 cm³/mol. The van der Waals surface area contributed by atoms with Crippen LogP contribution in [0.1, 0.15) is 25.8 Å². The van der Waals surface area contributed by atoms with E-state index < -0.39 is 0 Å². The van der Waals surface area contributed by atoms with Crippen LogP contribution >= 0.6 is 0 Å². The quantitative estimate of drug-likeness (QED) is 0.837. The smallest absolute Gasteiger partial charge is 0.0457 e. The number of fused-ring (bicyclic) bond motifs is 1. The van der Waals surface area contributed by atoms with Crippen molar-refractivity contribution in [3.05, 3.63) is 36.0 Å². The molecule has 0 amide bonds. The molecular formula is C16H25N3. The second-order valence-corrected chi connectivity index (χ2v) is 6.23. The number of hydrogen-bond donors (Lipinski definition) is 2. The van der Waals surface area contributed by atoms with Crippen LogP contribution in [0.15, 0.2) is 30.5 Å². The molecule has 0 aliphatic heterocycles. The van der Waals surface area contributed by atoms with Gasteiger partial charge in [-0.2, -0.15) is 0 Å². The molecule has 0 aliphatic carbocycles. The first-order chi connectivity index (χ1) is 9.02. The summed E-state index contributed by atoms with van der Waals surface area (Å²) in [6.45, 7) is 7.35. The monoisotopic (exact) mass is 259 g/mol. The summed E-state index contributed by atoms with van der Waals surface area (Å²) < 4.78 is 0. The van der Waals surface area contributed by atoms with Crippen LogP contribution in [0.25, 0.3) is 10.9 Å². The first kappa shape index (κ1) is 14.1. The van der Waals surface area contributed by atoms with Crippen molar-refractivity contribution in [2.45, 2.75) is 26.8 Å². The number of aromatic nitrogens is 1. The number of hydrogen-bond acceptors (Lipinski definition) is 2. The second-order valence-electron chi connectivity index (χ2n) is 6.23. The van der Waals surface area contributed by atoms with Crippen LogP contribution in [0.3, 0.4) is 0 Å². The van der Waals surface area contributed by atoms with Gasteiger partial charge in [-0.25, -0.2) is 0 Å². The van der Waals surface area contributed by atoms with Gasteiger partial charge < -0.3 is 15.6 Å². The molecule has 0 aliphatic rings. The molecule has 3 heteroatoms. The average molecular weight is 259 g/mol. The van der Waals surface area contributed by atoms with Crippen LogP contribution in [0.4, 0.5) is 0 Å². The lowest BCUT2D eigenvalue weighted by atomic mass is 9.89. The largest absolute Gasteiger partial charge is 0.361 e. The van der Waals surface area contributed by atoms with Crippen molar-refractivity contribution < 1.29 is 0 Å². The topological polar surface area (TPSA) is 45.0 Å². The minimum atomic E-state index is 0.273. The van der Waals surface area contributed by atoms with Crippen LogP contribution < -0.4 is 5.73 Å². The van der Waals surface area contributed by atoms with Gasteiger partial charge in [-0.3, -0.25) is 0 Å². The molecular weight excluding hydrogens is 234 g/mol. The van der Waals surface area contributed by atoms with E-state index in [9.17, 15) is 0 Å². The molecule has 1 aromatic carbocycles. The zero-order valence-corrected chi connectivity index (χ0v) is 12.2. The Morgan fingerprint density at radius 2 is 2.00 bits per heavy atom. The third-order valence-electron chi connectivity index (χ3n) is 3.63. The van der Waals surface area contributed by atoms with E-state index in [1.807, 2.05) is 0 Å². The van der Waals surface area contributed by atoms with Gasteiger partial charge in [0.1, 0.15) is 0 Å². The molecule has 104 valence electrons. The summed E-state index contributed by atoms with van der Waals surface area (Å²) in [7, 11) is 2.18. The Kier molecular flexibility index (Phi) is 4.27. The number of nitrogens with one attached hydrogen (secondary N) is 1. The Morgan fingerprint density at radius 1 is 1.26 bits per heavy atom. The number of para-hydroxylation sites is 1. The molecule has 0 spiro atoms. The van der Waals surface area contributed by atoms with E-state index in [4.69, 9.17) is 5.73 Å². The molecule has 0 unspecified atom stereocenters. The van der Waals surface area contributed by atoms with Crippen LogP contribution in [0.2, 0.25) is 0 Å². The minimum Gasteiger partial charge on any atom is -0.361 e. The van der Waals surface area contributed by atoms with E-state index in [0.717, 1.165) is 26.1 Å². The maximum Gasteiger partial charge on any atom is 0.0457 e. The SMILES string of the molecule is CN(Cc1c[nH]c2ccccc12)CC(C)(C)CCN. The van der Waals surface area contributed by atoms with Crippen LogP contribution in [0.5, 0.6) is 0 Å². The zero-order valence-electron chi connectivity index (χ0n) is 12.2. The standard InChI is InChI=1S/C16H25N3/c1-16(2,8-9-17)12-19(3)11-13-10-18-15-7-5-4-6-14(13)15/h4-7,10,18H,8-9,11-12,17H2,1-3H3. The van der Waals surface area contributed by atoms with Gasteiger partial charge >= 0.3 is 0 Å². The van der Waals surface area contributed by atoms with E-state index in [1.165, 1.54) is 16.5 Å². The number of nitrogens with two attached hydrogens (primary N) is 1. The molecule has 0 saturated heterocycles. The van der Waals surface area contributed by atoms with Gasteiger partial charge in [0.25, 0.3) is 0 Å². The van der Waals surface area contributed by atoms with E-state index >= 15 is 0 Å². The number of H-pyrrole nitrogens is 1. The Balaban J connectivity index is 2.04. The fourth-order valence-electron chi connectivity index (χ4n) is 2.81. The van der Waals surface area contributed by atoms with Gasteiger partial charge in [0.05, 0.1) is 0 Å². The first-order valence-electron chi connectivity index (χ1n) is 6.95. The fraction of sp³-hybridized carbons (Fsp3) is 0.500. The van der Waals surface area contributed by atoms with Crippen molar-refractivity contribution in [2.24, 2.45) is 11.1 Å². The molecule has 2 aromatic rings. The van der Waals surface area contributed by atoms with E-state index in [1.54, 1.807) is 0 Å². The van der Waals surface area contributed by atoms with Crippen molar-refractivity contribution in [1.29, 1.82) is 0 Å². The van der Waals surface area contributed by atoms with Crippen molar-refractivity contribution in [3.8, 4) is 0 Å². The van der Waals surface area contributed by atoms with Gasteiger partial charge in [-0.15, -0.1) is 0 Å². The van der Waals surface area contributed by atoms with Crippen LogP contribution in [0, 0.1) is 5.41 Å². The van der Waals surface area contributed by atoms with Gasteiger partial charge in [-0.05, 0) is 37.1 Å². The molecule has 1 aromatic heterocycles. The molecule has 0 atom stereocenters. The highest BCUT2D eigenvalue weighted by atomic mass is 15.1. The number of rotatable bonds is 6. The number of nitrogens with zero attached hydrogens (tertiary/aromatic N) is 1. The van der Waals surface area contributed by atoms with Gasteiger partial charge in [0.2, 0.25) is 0 Å². The van der Waals surface area contributed by atoms with Gasteiger partial charge in [-0.1, -0.05) is 32.0 Å². The Bertz CT molecular complexity index is 528. The van der Waals surface area contributed by atoms with Crippen molar-refractivity contribution in [2.75, 3.05) is 20.1 Å².